The highest BCUT2D eigenvalue weighted by Crippen LogP contribution is 2.21. The molecule has 10 nitrogen and oxygen atoms in total. The Bertz CT molecular complexity index is 1220. The van der Waals surface area contributed by atoms with Gasteiger partial charge >= 0.3 is 5.97 Å². The molecular formula is C20H15FN4O6. The van der Waals surface area contributed by atoms with Crippen molar-refractivity contribution >= 4 is 23.3 Å². The Hall–Kier alpha value is -4.41. The van der Waals surface area contributed by atoms with Gasteiger partial charge in [0.1, 0.15) is 11.4 Å². The zero-order chi connectivity index (χ0) is 22.5. The Morgan fingerprint density at radius 2 is 1.87 bits per heavy atom. The highest BCUT2D eigenvalue weighted by atomic mass is 19.1. The number of esters is 1. The van der Waals surface area contributed by atoms with Gasteiger partial charge < -0.3 is 10.1 Å². The Morgan fingerprint density at radius 3 is 2.52 bits per heavy atom. The number of nitro groups is 1. The number of halogens is 1. The van der Waals surface area contributed by atoms with Crippen LogP contribution < -0.4 is 10.9 Å². The second-order valence-electron chi connectivity index (χ2n) is 6.08. The third-order valence-corrected chi connectivity index (χ3v) is 4.07. The van der Waals surface area contributed by atoms with E-state index >= 15 is 0 Å². The second kappa shape index (κ2) is 8.95. The van der Waals surface area contributed by atoms with Crippen molar-refractivity contribution in [3.05, 3.63) is 92.1 Å². The minimum atomic E-state index is -0.934. The molecule has 1 amide bonds. The van der Waals surface area contributed by atoms with Gasteiger partial charge in [0.05, 0.1) is 22.9 Å². The second-order valence-corrected chi connectivity index (χ2v) is 6.08. The summed E-state index contributed by atoms with van der Waals surface area (Å²) in [6.07, 6.45) is 0. The molecule has 11 heteroatoms. The Kier molecular flexibility index (Phi) is 6.15. The van der Waals surface area contributed by atoms with Crippen LogP contribution in [-0.2, 0) is 4.74 Å². The average Bonchev–Trinajstić information content (AvgIpc) is 2.74. The van der Waals surface area contributed by atoms with Crippen LogP contribution in [0.3, 0.4) is 0 Å². The summed E-state index contributed by atoms with van der Waals surface area (Å²) in [5, 5.41) is 17.4. The Morgan fingerprint density at radius 1 is 1.19 bits per heavy atom. The van der Waals surface area contributed by atoms with Gasteiger partial charge in [-0.1, -0.05) is 12.1 Å². The van der Waals surface area contributed by atoms with Gasteiger partial charge in [-0.15, -0.1) is 0 Å². The normalized spacial score (nSPS) is 10.4. The molecule has 0 spiro atoms. The van der Waals surface area contributed by atoms with Gasteiger partial charge in [0.2, 0.25) is 0 Å². The van der Waals surface area contributed by atoms with Gasteiger partial charge in [-0.3, -0.25) is 19.7 Å². The van der Waals surface area contributed by atoms with Crippen molar-refractivity contribution in [3.8, 4) is 5.69 Å². The van der Waals surface area contributed by atoms with E-state index in [0.717, 1.165) is 28.9 Å². The van der Waals surface area contributed by atoms with Crippen LogP contribution >= 0.6 is 0 Å². The first-order valence-corrected chi connectivity index (χ1v) is 8.94. The van der Waals surface area contributed by atoms with Gasteiger partial charge in [-0.05, 0) is 37.3 Å². The van der Waals surface area contributed by atoms with E-state index in [1.807, 2.05) is 0 Å². The van der Waals surface area contributed by atoms with Crippen molar-refractivity contribution in [1.82, 2.24) is 9.78 Å². The number of aromatic nitrogens is 2. The number of carbonyl (C=O) groups is 2. The summed E-state index contributed by atoms with van der Waals surface area (Å²) in [6, 6.07) is 10.9. The van der Waals surface area contributed by atoms with Crippen molar-refractivity contribution < 1.29 is 23.6 Å². The fraction of sp³-hybridized carbons (Fsp3) is 0.100. The van der Waals surface area contributed by atoms with Crippen LogP contribution in [-0.4, -0.2) is 33.2 Å². The zero-order valence-electron chi connectivity index (χ0n) is 16.1. The quantitative estimate of drug-likeness (QED) is 0.364. The monoisotopic (exact) mass is 426 g/mol. The van der Waals surface area contributed by atoms with Gasteiger partial charge in [-0.2, -0.15) is 9.78 Å². The molecule has 3 rings (SSSR count). The Balaban J connectivity index is 2.07. The first-order valence-electron chi connectivity index (χ1n) is 8.94. The van der Waals surface area contributed by atoms with E-state index in [0.29, 0.717) is 0 Å². The molecule has 1 N–H and O–H groups in total. The largest absolute Gasteiger partial charge is 0.461 e. The molecule has 0 unspecified atom stereocenters. The molecule has 1 heterocycles. The molecule has 3 aromatic rings. The lowest BCUT2D eigenvalue weighted by Crippen LogP contribution is -2.27. The van der Waals surface area contributed by atoms with Crippen molar-refractivity contribution in [3.63, 3.8) is 0 Å². The van der Waals surface area contributed by atoms with E-state index in [9.17, 15) is 28.9 Å². The van der Waals surface area contributed by atoms with Crippen LogP contribution in [0.1, 0.15) is 27.8 Å². The summed E-state index contributed by atoms with van der Waals surface area (Å²) in [5.41, 5.74) is -1.98. The molecule has 0 bridgehead atoms. The molecule has 0 saturated heterocycles. The number of nitro benzene ring substituents is 1. The number of hydrogen-bond acceptors (Lipinski definition) is 7. The number of nitrogens with zero attached hydrogens (tertiary/aromatic N) is 3. The first-order chi connectivity index (χ1) is 14.8. The predicted molar refractivity (Wildman–Crippen MR) is 107 cm³/mol. The van der Waals surface area contributed by atoms with Crippen LogP contribution in [0.2, 0.25) is 0 Å². The molecular weight excluding hydrogens is 411 g/mol. The third kappa shape index (κ3) is 4.61. The average molecular weight is 426 g/mol. The van der Waals surface area contributed by atoms with Gasteiger partial charge in [0.15, 0.2) is 5.69 Å². The summed E-state index contributed by atoms with van der Waals surface area (Å²) < 4.78 is 19.0. The lowest BCUT2D eigenvalue weighted by atomic mass is 10.1. The van der Waals surface area contributed by atoms with Crippen LogP contribution in [0.25, 0.3) is 5.69 Å². The van der Waals surface area contributed by atoms with Crippen LogP contribution in [0.5, 0.6) is 0 Å². The minimum Gasteiger partial charge on any atom is -0.461 e. The van der Waals surface area contributed by atoms with E-state index < -0.39 is 39.6 Å². The van der Waals surface area contributed by atoms with E-state index in [1.54, 1.807) is 6.92 Å². The number of nitrogens with one attached hydrogen (secondary N) is 1. The summed E-state index contributed by atoms with van der Waals surface area (Å²) in [5.74, 6) is -2.38. The van der Waals surface area contributed by atoms with E-state index in [1.165, 1.54) is 30.3 Å². The number of anilines is 1. The van der Waals surface area contributed by atoms with Crippen molar-refractivity contribution in [2.24, 2.45) is 0 Å². The SMILES string of the molecule is CCOC(=O)c1nn(-c2ccc(F)cc2)c(=O)cc1NC(=O)c1ccccc1[N+](=O)[O-]. The Labute approximate surface area is 174 Å². The fourth-order valence-electron chi connectivity index (χ4n) is 2.68. The molecule has 0 radical (unpaired) electrons. The number of carbonyl (C=O) groups excluding carboxylic acids is 2. The lowest BCUT2D eigenvalue weighted by molar-refractivity contribution is -0.385. The van der Waals surface area contributed by atoms with Gasteiger partial charge in [-0.25, -0.2) is 9.18 Å². The maximum Gasteiger partial charge on any atom is 0.360 e. The number of para-hydroxylation sites is 1. The van der Waals surface area contributed by atoms with Crippen LogP contribution in [0.15, 0.2) is 59.4 Å². The smallest absolute Gasteiger partial charge is 0.360 e. The number of ether oxygens (including phenoxy) is 1. The molecule has 1 aromatic heterocycles. The molecule has 0 aliphatic rings. The van der Waals surface area contributed by atoms with E-state index in [-0.39, 0.29) is 23.5 Å². The molecule has 158 valence electrons. The molecule has 0 atom stereocenters. The van der Waals surface area contributed by atoms with Gasteiger partial charge in [0, 0.05) is 12.1 Å². The van der Waals surface area contributed by atoms with E-state index in [2.05, 4.69) is 10.4 Å². The van der Waals surface area contributed by atoms with Gasteiger partial charge in [0.25, 0.3) is 17.2 Å². The highest BCUT2D eigenvalue weighted by Gasteiger charge is 2.24. The van der Waals surface area contributed by atoms with Crippen LogP contribution in [0, 0.1) is 15.9 Å². The number of rotatable bonds is 6. The molecule has 0 saturated carbocycles. The molecule has 0 aliphatic heterocycles. The summed E-state index contributed by atoms with van der Waals surface area (Å²) in [4.78, 5) is 48.0. The maximum absolute atomic E-state index is 13.2. The van der Waals surface area contributed by atoms with Crippen molar-refractivity contribution in [2.75, 3.05) is 11.9 Å². The lowest BCUT2D eigenvalue weighted by Gasteiger charge is -2.12. The molecule has 0 aliphatic carbocycles. The summed E-state index contributed by atoms with van der Waals surface area (Å²) >= 11 is 0. The molecule has 2 aromatic carbocycles. The third-order valence-electron chi connectivity index (χ3n) is 4.07. The summed E-state index contributed by atoms with van der Waals surface area (Å²) in [7, 11) is 0. The van der Waals surface area contributed by atoms with Crippen LogP contribution in [0.4, 0.5) is 15.8 Å². The first kappa shape index (κ1) is 21.3. The van der Waals surface area contributed by atoms with E-state index in [4.69, 9.17) is 4.74 Å². The minimum absolute atomic E-state index is 0.00622. The van der Waals surface area contributed by atoms with Crippen molar-refractivity contribution in [1.29, 1.82) is 0 Å². The molecule has 0 fully saturated rings. The highest BCUT2D eigenvalue weighted by molar-refractivity contribution is 6.09. The number of amides is 1. The standard InChI is InChI=1S/C20H15FN4O6/c1-2-31-20(28)18-15(22-19(27)14-5-3-4-6-16(14)25(29)30)11-17(26)24(23-18)13-9-7-12(21)8-10-13/h3-11H,2H2,1H3,(H,22,27). The van der Waals surface area contributed by atoms with Crippen molar-refractivity contribution in [2.45, 2.75) is 6.92 Å². The number of hydrogen-bond donors (Lipinski definition) is 1. The number of benzene rings is 2. The zero-order valence-corrected chi connectivity index (χ0v) is 16.1. The fourth-order valence-corrected chi connectivity index (χ4v) is 2.68. The predicted octanol–water partition coefficient (Wildman–Crippen LogP) is 2.71. The summed E-state index contributed by atoms with van der Waals surface area (Å²) in [6.45, 7) is 1.55. The molecule has 31 heavy (non-hydrogen) atoms. The topological polar surface area (TPSA) is 133 Å². The maximum atomic E-state index is 13.2.